The van der Waals surface area contributed by atoms with E-state index in [2.05, 4.69) is 0 Å². The average molecular weight is 526 g/mol. The fourth-order valence-corrected chi connectivity index (χ4v) is 5.49. The first-order chi connectivity index (χ1) is 17.0. The standard InChI is InChI=1S/C27H28ClN3O4S/c1-17(2)19-6-13-23(14-7-19)36(33,34)30(4)18(3)26-29-25-16-20(28)8-15-24(25)27(32)31(26)21-9-11-22(35-5)12-10-21/h6-18H,1-5H3. The van der Waals surface area contributed by atoms with Gasteiger partial charge < -0.3 is 4.74 Å². The summed E-state index contributed by atoms with van der Waals surface area (Å²) >= 11 is 6.17. The summed E-state index contributed by atoms with van der Waals surface area (Å²) in [5.41, 5.74) is 1.66. The van der Waals surface area contributed by atoms with E-state index < -0.39 is 16.1 Å². The predicted molar refractivity (Wildman–Crippen MR) is 143 cm³/mol. The maximum atomic E-state index is 13.6. The van der Waals surface area contributed by atoms with E-state index in [0.29, 0.717) is 27.4 Å². The topological polar surface area (TPSA) is 81.5 Å². The highest BCUT2D eigenvalue weighted by Crippen LogP contribution is 2.28. The monoisotopic (exact) mass is 525 g/mol. The highest BCUT2D eigenvalue weighted by atomic mass is 35.5. The summed E-state index contributed by atoms with van der Waals surface area (Å²) in [4.78, 5) is 18.5. The Morgan fingerprint density at radius 2 is 1.61 bits per heavy atom. The number of sulfonamides is 1. The van der Waals surface area contributed by atoms with Gasteiger partial charge in [0, 0.05) is 12.1 Å². The van der Waals surface area contributed by atoms with Gasteiger partial charge >= 0.3 is 0 Å². The van der Waals surface area contributed by atoms with Gasteiger partial charge in [-0.1, -0.05) is 37.6 Å². The molecular weight excluding hydrogens is 498 g/mol. The molecule has 0 N–H and O–H groups in total. The minimum absolute atomic E-state index is 0.170. The molecule has 9 heteroatoms. The summed E-state index contributed by atoms with van der Waals surface area (Å²) in [5, 5.41) is 0.808. The van der Waals surface area contributed by atoms with Gasteiger partial charge in [-0.05, 0) is 73.0 Å². The van der Waals surface area contributed by atoms with Crippen LogP contribution in [0.15, 0.2) is 76.4 Å². The van der Waals surface area contributed by atoms with Crippen molar-refractivity contribution in [1.82, 2.24) is 13.9 Å². The molecule has 1 unspecified atom stereocenters. The van der Waals surface area contributed by atoms with Gasteiger partial charge in [0.1, 0.15) is 11.6 Å². The summed E-state index contributed by atoms with van der Waals surface area (Å²) in [6.45, 7) is 5.81. The fourth-order valence-electron chi connectivity index (χ4n) is 4.00. The van der Waals surface area contributed by atoms with E-state index in [1.807, 2.05) is 26.0 Å². The number of nitrogens with zero attached hydrogens (tertiary/aromatic N) is 3. The molecule has 0 amide bonds. The Morgan fingerprint density at radius 3 is 2.19 bits per heavy atom. The van der Waals surface area contributed by atoms with Gasteiger partial charge in [0.25, 0.3) is 5.56 Å². The number of hydrogen-bond acceptors (Lipinski definition) is 5. The highest BCUT2D eigenvalue weighted by molar-refractivity contribution is 7.89. The second-order valence-electron chi connectivity index (χ2n) is 8.89. The van der Waals surface area contributed by atoms with Crippen molar-refractivity contribution in [3.8, 4) is 11.4 Å². The zero-order valence-electron chi connectivity index (χ0n) is 20.8. The first kappa shape index (κ1) is 25.9. The SMILES string of the molecule is COc1ccc(-n2c(C(C)N(C)S(=O)(=O)c3ccc(C(C)C)cc3)nc3cc(Cl)ccc3c2=O)cc1. The lowest BCUT2D eigenvalue weighted by Crippen LogP contribution is -2.35. The van der Waals surface area contributed by atoms with E-state index in [0.717, 1.165) is 5.56 Å². The van der Waals surface area contributed by atoms with Crippen LogP contribution in [0.5, 0.6) is 5.75 Å². The van der Waals surface area contributed by atoms with Crippen LogP contribution < -0.4 is 10.3 Å². The second kappa shape index (κ2) is 10.0. The van der Waals surface area contributed by atoms with Gasteiger partial charge in [0.05, 0.1) is 34.6 Å². The lowest BCUT2D eigenvalue weighted by molar-refractivity contribution is 0.379. The van der Waals surface area contributed by atoms with Crippen LogP contribution in [0.4, 0.5) is 0 Å². The molecule has 4 rings (SSSR count). The molecule has 0 spiro atoms. The van der Waals surface area contributed by atoms with Gasteiger partial charge in [-0.25, -0.2) is 13.4 Å². The molecule has 0 saturated carbocycles. The molecule has 188 valence electrons. The zero-order valence-corrected chi connectivity index (χ0v) is 22.3. The van der Waals surface area contributed by atoms with Crippen molar-refractivity contribution in [2.75, 3.05) is 14.2 Å². The van der Waals surface area contributed by atoms with Crippen LogP contribution in [0.2, 0.25) is 5.02 Å². The van der Waals surface area contributed by atoms with Crippen molar-refractivity contribution < 1.29 is 13.2 Å². The van der Waals surface area contributed by atoms with Gasteiger partial charge in [0.2, 0.25) is 10.0 Å². The van der Waals surface area contributed by atoms with Crippen molar-refractivity contribution in [2.45, 2.75) is 37.6 Å². The molecule has 0 aliphatic heterocycles. The van der Waals surface area contributed by atoms with Crippen LogP contribution in [0.25, 0.3) is 16.6 Å². The Bertz CT molecular complexity index is 1560. The third kappa shape index (κ3) is 4.76. The molecule has 3 aromatic carbocycles. The molecule has 0 saturated heterocycles. The van der Waals surface area contributed by atoms with Crippen LogP contribution in [0.1, 0.15) is 44.1 Å². The van der Waals surface area contributed by atoms with Crippen molar-refractivity contribution in [3.63, 3.8) is 0 Å². The van der Waals surface area contributed by atoms with Gasteiger partial charge in [-0.15, -0.1) is 0 Å². The Balaban J connectivity index is 1.87. The Morgan fingerprint density at radius 1 is 0.972 bits per heavy atom. The quantitative estimate of drug-likeness (QED) is 0.316. The Hall–Kier alpha value is -3.20. The van der Waals surface area contributed by atoms with Crippen LogP contribution in [0, 0.1) is 0 Å². The molecule has 1 atom stereocenters. The molecule has 0 bridgehead atoms. The minimum Gasteiger partial charge on any atom is -0.497 e. The number of hydrogen-bond donors (Lipinski definition) is 0. The van der Waals surface area contributed by atoms with Crippen molar-refractivity contribution in [1.29, 1.82) is 0 Å². The van der Waals surface area contributed by atoms with E-state index in [9.17, 15) is 13.2 Å². The average Bonchev–Trinajstić information content (AvgIpc) is 2.87. The minimum atomic E-state index is -3.88. The van der Waals surface area contributed by atoms with Crippen molar-refractivity contribution in [3.05, 3.63) is 93.5 Å². The molecule has 1 aromatic heterocycles. The summed E-state index contributed by atoms with van der Waals surface area (Å²) in [6.07, 6.45) is 0. The summed E-state index contributed by atoms with van der Waals surface area (Å²) in [6, 6.07) is 17.9. The maximum absolute atomic E-state index is 13.6. The Kier molecular flexibility index (Phi) is 7.22. The third-order valence-electron chi connectivity index (χ3n) is 6.33. The maximum Gasteiger partial charge on any atom is 0.266 e. The summed E-state index contributed by atoms with van der Waals surface area (Å²) < 4.78 is 35.0. The fraction of sp³-hybridized carbons (Fsp3) is 0.259. The zero-order chi connectivity index (χ0) is 26.2. The van der Waals surface area contributed by atoms with E-state index in [-0.39, 0.29) is 22.2 Å². The molecule has 0 radical (unpaired) electrons. The first-order valence-electron chi connectivity index (χ1n) is 11.5. The van der Waals surface area contributed by atoms with Crippen LogP contribution in [-0.2, 0) is 10.0 Å². The number of aromatic nitrogens is 2. The summed E-state index contributed by atoms with van der Waals surface area (Å²) in [5.74, 6) is 1.18. The molecular formula is C27H28ClN3O4S. The summed E-state index contributed by atoms with van der Waals surface area (Å²) in [7, 11) is -0.833. The van der Waals surface area contributed by atoms with Crippen molar-refractivity contribution in [2.24, 2.45) is 0 Å². The van der Waals surface area contributed by atoms with E-state index >= 15 is 0 Å². The normalized spacial score (nSPS) is 12.9. The number of halogens is 1. The second-order valence-corrected chi connectivity index (χ2v) is 11.3. The lowest BCUT2D eigenvalue weighted by atomic mass is 10.0. The molecule has 4 aromatic rings. The smallest absolute Gasteiger partial charge is 0.266 e. The number of benzene rings is 3. The molecule has 7 nitrogen and oxygen atoms in total. The van der Waals surface area contributed by atoms with E-state index in [4.69, 9.17) is 21.3 Å². The van der Waals surface area contributed by atoms with Crippen LogP contribution in [-0.4, -0.2) is 36.4 Å². The van der Waals surface area contributed by atoms with Crippen LogP contribution >= 0.6 is 11.6 Å². The van der Waals surface area contributed by atoms with E-state index in [1.165, 1.54) is 15.9 Å². The third-order valence-corrected chi connectivity index (χ3v) is 8.51. The van der Waals surface area contributed by atoms with Gasteiger partial charge in [0.15, 0.2) is 0 Å². The predicted octanol–water partition coefficient (Wildman–Crippen LogP) is 5.55. The van der Waals surface area contributed by atoms with Gasteiger partial charge in [-0.2, -0.15) is 4.31 Å². The van der Waals surface area contributed by atoms with Crippen molar-refractivity contribution >= 4 is 32.5 Å². The lowest BCUT2D eigenvalue weighted by Gasteiger charge is -2.26. The van der Waals surface area contributed by atoms with Gasteiger partial charge in [-0.3, -0.25) is 9.36 Å². The molecule has 0 fully saturated rings. The number of rotatable bonds is 7. The Labute approximate surface area is 216 Å². The largest absolute Gasteiger partial charge is 0.497 e. The highest BCUT2D eigenvalue weighted by Gasteiger charge is 2.30. The number of fused-ring (bicyclic) bond motifs is 1. The number of methoxy groups -OCH3 is 1. The van der Waals surface area contributed by atoms with E-state index in [1.54, 1.807) is 68.6 Å². The molecule has 1 heterocycles. The molecule has 36 heavy (non-hydrogen) atoms. The first-order valence-corrected chi connectivity index (χ1v) is 13.3. The number of ether oxygens (including phenoxy) is 1. The van der Waals surface area contributed by atoms with Crippen LogP contribution in [0.3, 0.4) is 0 Å². The molecule has 0 aliphatic rings. The molecule has 0 aliphatic carbocycles.